The number of Topliss-reactive ketones (excluding diaryl/α,β-unsaturated/α-hetero) is 1. The number of carbonyl (C=O) groups is 6. The van der Waals surface area contributed by atoms with E-state index in [2.05, 4.69) is 31.2 Å². The fourth-order valence-electron chi connectivity index (χ4n) is 6.64. The maximum Gasteiger partial charge on any atom is 0.289 e. The summed E-state index contributed by atoms with van der Waals surface area (Å²) in [4.78, 5) is 90.4. The minimum Gasteiger partial charge on any atom is -0.347 e. The molecule has 15 heteroatoms. The van der Waals surface area contributed by atoms with Crippen LogP contribution in [0, 0.1) is 23.2 Å². The highest BCUT2D eigenvalue weighted by Gasteiger charge is 2.52. The summed E-state index contributed by atoms with van der Waals surface area (Å²) in [5, 5.41) is 10.8. The molecular formula is C35H53F2N7O6. The van der Waals surface area contributed by atoms with Crippen molar-refractivity contribution in [3.8, 4) is 0 Å². The molecule has 3 unspecified atom stereocenters. The molecule has 1 aliphatic carbocycles. The molecule has 50 heavy (non-hydrogen) atoms. The van der Waals surface area contributed by atoms with Crippen molar-refractivity contribution < 1.29 is 37.5 Å². The summed E-state index contributed by atoms with van der Waals surface area (Å²) in [7, 11) is 0. The molecule has 3 rings (SSSR count). The third-order valence-corrected chi connectivity index (χ3v) is 9.64. The first-order valence-electron chi connectivity index (χ1n) is 17.6. The smallest absolute Gasteiger partial charge is 0.289 e. The van der Waals surface area contributed by atoms with Gasteiger partial charge in [0.25, 0.3) is 11.8 Å². The molecule has 0 aromatic carbocycles. The van der Waals surface area contributed by atoms with Crippen LogP contribution in [0.15, 0.2) is 18.6 Å². The first-order valence-corrected chi connectivity index (χ1v) is 17.6. The molecule has 1 aromatic heterocycles. The van der Waals surface area contributed by atoms with Gasteiger partial charge in [0.1, 0.15) is 23.8 Å². The largest absolute Gasteiger partial charge is 0.347 e. The average Bonchev–Trinajstić information content (AvgIpc) is 3.66. The topological polar surface area (TPSA) is 180 Å². The van der Waals surface area contributed by atoms with Gasteiger partial charge in [-0.25, -0.2) is 13.8 Å². The molecular weight excluding hydrogens is 652 g/mol. The second kappa shape index (κ2) is 17.8. The lowest BCUT2D eigenvalue weighted by atomic mass is 9.85. The fraction of sp³-hybridized carbons (Fsp3) is 0.714. The predicted octanol–water partition coefficient (Wildman–Crippen LogP) is 2.79. The van der Waals surface area contributed by atoms with Crippen molar-refractivity contribution in [1.29, 1.82) is 0 Å². The van der Waals surface area contributed by atoms with Crippen LogP contribution in [0.5, 0.6) is 0 Å². The first kappa shape index (κ1) is 40.4. The van der Waals surface area contributed by atoms with Crippen LogP contribution in [-0.2, 0) is 24.0 Å². The normalized spacial score (nSPS) is 21.2. The number of nitrogens with one attached hydrogen (secondary N) is 4. The Kier molecular flexibility index (Phi) is 14.3. The van der Waals surface area contributed by atoms with Gasteiger partial charge in [-0.15, -0.1) is 0 Å². The van der Waals surface area contributed by atoms with Gasteiger partial charge < -0.3 is 26.2 Å². The highest BCUT2D eigenvalue weighted by molar-refractivity contribution is 6.38. The Hall–Kier alpha value is -4.04. The molecule has 0 radical (unpaired) electrons. The number of likely N-dealkylation sites (tertiary alicyclic amines) is 1. The summed E-state index contributed by atoms with van der Waals surface area (Å²) in [5.41, 5.74) is -0.806. The Balaban J connectivity index is 1.86. The van der Waals surface area contributed by atoms with Crippen LogP contribution in [0.3, 0.4) is 0 Å². The molecule has 2 fully saturated rings. The molecule has 0 bridgehead atoms. The van der Waals surface area contributed by atoms with Gasteiger partial charge >= 0.3 is 0 Å². The molecule has 2 heterocycles. The van der Waals surface area contributed by atoms with Crippen LogP contribution in [0.2, 0.25) is 0 Å². The number of amides is 5. The summed E-state index contributed by atoms with van der Waals surface area (Å²) in [5.74, 6) is -4.79. The van der Waals surface area contributed by atoms with E-state index in [0.717, 1.165) is 12.8 Å². The zero-order valence-corrected chi connectivity index (χ0v) is 30.1. The Morgan fingerprint density at radius 3 is 2.24 bits per heavy atom. The van der Waals surface area contributed by atoms with Crippen molar-refractivity contribution in [2.45, 2.75) is 130 Å². The van der Waals surface area contributed by atoms with E-state index in [4.69, 9.17) is 0 Å². The third-order valence-electron chi connectivity index (χ3n) is 9.64. The zero-order chi connectivity index (χ0) is 37.3. The maximum atomic E-state index is 14.5. The quantitative estimate of drug-likeness (QED) is 0.190. The van der Waals surface area contributed by atoms with E-state index < -0.39 is 77.7 Å². The van der Waals surface area contributed by atoms with Crippen molar-refractivity contribution in [3.05, 3.63) is 24.3 Å². The number of aromatic nitrogens is 2. The molecule has 0 spiro atoms. The van der Waals surface area contributed by atoms with Crippen molar-refractivity contribution >= 4 is 35.3 Å². The second-order valence-electron chi connectivity index (χ2n) is 14.9. The lowest BCUT2D eigenvalue weighted by Gasteiger charge is -2.37. The predicted molar refractivity (Wildman–Crippen MR) is 181 cm³/mol. The molecule has 13 nitrogen and oxygen atoms in total. The number of fused-ring (bicyclic) bond motifs is 1. The minimum absolute atomic E-state index is 0.00221. The number of hydrogen-bond donors (Lipinski definition) is 4. The molecule has 2 aliphatic rings. The Bertz CT molecular complexity index is 1370. The van der Waals surface area contributed by atoms with E-state index >= 15 is 0 Å². The molecule has 5 amide bonds. The van der Waals surface area contributed by atoms with Crippen molar-refractivity contribution in [2.75, 3.05) is 6.54 Å². The van der Waals surface area contributed by atoms with Gasteiger partial charge in [-0.2, -0.15) is 0 Å². The lowest BCUT2D eigenvalue weighted by molar-refractivity contribution is -0.146. The zero-order valence-electron chi connectivity index (χ0n) is 30.1. The van der Waals surface area contributed by atoms with E-state index in [1.165, 1.54) is 23.5 Å². The van der Waals surface area contributed by atoms with Crippen molar-refractivity contribution in [2.24, 2.45) is 23.2 Å². The van der Waals surface area contributed by atoms with Gasteiger partial charge in [-0.05, 0) is 62.2 Å². The number of rotatable bonds is 16. The van der Waals surface area contributed by atoms with Crippen LogP contribution in [-0.4, -0.2) is 93.4 Å². The molecule has 4 N–H and O–H groups in total. The highest BCUT2D eigenvalue weighted by Crippen LogP contribution is 2.43. The van der Waals surface area contributed by atoms with Gasteiger partial charge in [0.2, 0.25) is 29.9 Å². The Labute approximate surface area is 292 Å². The maximum absolute atomic E-state index is 14.5. The lowest BCUT2D eigenvalue weighted by Crippen LogP contribution is -2.62. The molecule has 1 aliphatic heterocycles. The number of ketones is 1. The standard InChI is InChI=1S/C35H53F2N7O6/c1-8-20(4)40-33(49)28(45)23(13-10-14-25(36)37)41-32(48)27-22-12-9-11-21(22)18-44(27)34(50)29(35(5,6)7)43-31(47)26(19(2)3)42-30(46)24-17-38-15-16-39-24/h15-17,19-23,25-27,29H,8-14,18H2,1-7H3,(H,40,49)(H,41,48)(H,42,46)(H,43,47)/t20-,21-,22-,23?,26?,27?,29+/m0/s1. The SMILES string of the molecule is CC[C@H](C)NC(=O)C(=O)C(CCCC(F)F)NC(=O)C1[C@H]2CCC[C@H]2CN1C(=O)[C@@H](NC(=O)C(NC(=O)c1cnccn1)C(C)C)C(C)(C)C. The van der Waals surface area contributed by atoms with Gasteiger partial charge in [0, 0.05) is 31.4 Å². The van der Waals surface area contributed by atoms with Gasteiger partial charge in [0.15, 0.2) is 0 Å². The van der Waals surface area contributed by atoms with E-state index in [1.807, 2.05) is 6.92 Å². The average molecular weight is 706 g/mol. The molecule has 1 saturated heterocycles. The summed E-state index contributed by atoms with van der Waals surface area (Å²) < 4.78 is 26.0. The number of hydrogen-bond acceptors (Lipinski definition) is 8. The van der Waals surface area contributed by atoms with Gasteiger partial charge in [0.05, 0.1) is 12.2 Å². The second-order valence-corrected chi connectivity index (χ2v) is 14.9. The van der Waals surface area contributed by atoms with Crippen LogP contribution in [0.4, 0.5) is 8.78 Å². The molecule has 1 saturated carbocycles. The highest BCUT2D eigenvalue weighted by atomic mass is 19.3. The van der Waals surface area contributed by atoms with Crippen LogP contribution < -0.4 is 21.3 Å². The molecule has 278 valence electrons. The number of carbonyl (C=O) groups excluding carboxylic acids is 6. The van der Waals surface area contributed by atoms with Crippen LogP contribution >= 0.6 is 0 Å². The van der Waals surface area contributed by atoms with E-state index in [1.54, 1.807) is 41.5 Å². The fourth-order valence-corrected chi connectivity index (χ4v) is 6.64. The van der Waals surface area contributed by atoms with Crippen LogP contribution in [0.1, 0.15) is 104 Å². The van der Waals surface area contributed by atoms with Gasteiger partial charge in [-0.1, -0.05) is 48.0 Å². The molecule has 7 atom stereocenters. The van der Waals surface area contributed by atoms with Gasteiger partial charge in [-0.3, -0.25) is 33.8 Å². The third kappa shape index (κ3) is 10.5. The van der Waals surface area contributed by atoms with E-state index in [9.17, 15) is 37.5 Å². The Morgan fingerprint density at radius 1 is 0.960 bits per heavy atom. The summed E-state index contributed by atoms with van der Waals surface area (Å²) >= 11 is 0. The summed E-state index contributed by atoms with van der Waals surface area (Å²) in [6.45, 7) is 12.6. The number of nitrogens with zero attached hydrogens (tertiary/aromatic N) is 3. The number of halogens is 2. The monoisotopic (exact) mass is 705 g/mol. The van der Waals surface area contributed by atoms with E-state index in [0.29, 0.717) is 12.8 Å². The van der Waals surface area contributed by atoms with Crippen molar-refractivity contribution in [3.63, 3.8) is 0 Å². The van der Waals surface area contributed by atoms with E-state index in [-0.39, 0.29) is 48.9 Å². The van der Waals surface area contributed by atoms with Crippen molar-refractivity contribution in [1.82, 2.24) is 36.1 Å². The number of alkyl halides is 2. The first-order chi connectivity index (χ1) is 23.5. The summed E-state index contributed by atoms with van der Waals surface area (Å²) in [6.07, 6.45) is 3.49. The summed E-state index contributed by atoms with van der Waals surface area (Å²) in [6, 6.07) is -4.81. The van der Waals surface area contributed by atoms with Crippen LogP contribution in [0.25, 0.3) is 0 Å². The Morgan fingerprint density at radius 2 is 1.66 bits per heavy atom. The minimum atomic E-state index is -2.61. The molecule has 1 aromatic rings.